The van der Waals surface area contributed by atoms with Gasteiger partial charge in [-0.3, -0.25) is 0 Å². The van der Waals surface area contributed by atoms with E-state index in [2.05, 4.69) is 20.7 Å². The van der Waals surface area contributed by atoms with Gasteiger partial charge < -0.3 is 0 Å². The summed E-state index contributed by atoms with van der Waals surface area (Å²) in [7, 11) is -3.77. The van der Waals surface area contributed by atoms with Crippen molar-refractivity contribution in [3.05, 3.63) is 28.2 Å². The Balaban J connectivity index is 2.63. The minimum atomic E-state index is -4.35. The molecule has 0 bridgehead atoms. The lowest BCUT2D eigenvalue weighted by atomic mass is 10.2. The number of nitrogens with one attached hydrogen (secondary N) is 1. The molecule has 1 aromatic rings. The van der Waals surface area contributed by atoms with Crippen molar-refractivity contribution < 1.29 is 21.6 Å². The molecule has 0 saturated carbocycles. The molecular weight excluding hydrogens is 367 g/mol. The summed E-state index contributed by atoms with van der Waals surface area (Å²) < 4.78 is 62.1. The zero-order chi connectivity index (χ0) is 14.7. The fraction of sp³-hybridized carbons (Fsp3) is 0.400. The van der Waals surface area contributed by atoms with Gasteiger partial charge in [0.15, 0.2) is 0 Å². The fourth-order valence-electron chi connectivity index (χ4n) is 1.21. The topological polar surface area (TPSA) is 46.2 Å². The maximum atomic E-state index is 11.9. The van der Waals surface area contributed by atoms with Crippen LogP contribution in [0.5, 0.6) is 0 Å². The monoisotopic (exact) mass is 377 g/mol. The van der Waals surface area contributed by atoms with Crippen LogP contribution in [0.4, 0.5) is 13.2 Å². The smallest absolute Gasteiger partial charge is 0.210 e. The number of hydrogen-bond acceptors (Lipinski definition) is 3. The van der Waals surface area contributed by atoms with Crippen LogP contribution in [0.15, 0.2) is 27.6 Å². The van der Waals surface area contributed by atoms with Crippen molar-refractivity contribution in [3.63, 3.8) is 0 Å². The highest BCUT2D eigenvalue weighted by Gasteiger charge is 2.27. The molecule has 1 rings (SSSR count). The van der Waals surface area contributed by atoms with E-state index in [9.17, 15) is 21.6 Å². The summed E-state index contributed by atoms with van der Waals surface area (Å²) in [5, 5.41) is 0. The highest BCUT2D eigenvalue weighted by atomic mass is 79.9. The molecule has 0 atom stereocenters. The lowest BCUT2D eigenvalue weighted by molar-refractivity contribution is -0.0327. The molecule has 0 unspecified atom stereocenters. The number of thioether (sulfide) groups is 1. The number of aryl methyl sites for hydroxylation is 1. The van der Waals surface area contributed by atoms with Gasteiger partial charge >= 0.3 is 5.51 Å². The Morgan fingerprint density at radius 3 is 2.53 bits per heavy atom. The van der Waals surface area contributed by atoms with Gasteiger partial charge in [-0.25, -0.2) is 13.1 Å². The van der Waals surface area contributed by atoms with E-state index < -0.39 is 15.5 Å². The molecule has 0 aliphatic heterocycles. The van der Waals surface area contributed by atoms with Crippen molar-refractivity contribution >= 4 is 37.7 Å². The number of sulfonamides is 1. The van der Waals surface area contributed by atoms with Crippen LogP contribution < -0.4 is 4.72 Å². The lowest BCUT2D eigenvalue weighted by Gasteiger charge is -2.09. The second-order valence-corrected chi connectivity index (χ2v) is 7.38. The van der Waals surface area contributed by atoms with Crippen LogP contribution in [-0.4, -0.2) is 26.2 Å². The Morgan fingerprint density at radius 1 is 1.37 bits per heavy atom. The van der Waals surface area contributed by atoms with Gasteiger partial charge in [-0.15, -0.1) is 0 Å². The first-order valence-corrected chi connectivity index (χ1v) is 8.34. The van der Waals surface area contributed by atoms with Crippen molar-refractivity contribution in [1.29, 1.82) is 0 Å². The van der Waals surface area contributed by atoms with Crippen molar-refractivity contribution in [3.8, 4) is 0 Å². The van der Waals surface area contributed by atoms with E-state index in [-0.39, 0.29) is 29.0 Å². The minimum absolute atomic E-state index is 0.0326. The SMILES string of the molecule is Cc1cc(S(=O)(=O)NCCSC(F)(F)F)ccc1Br. The summed E-state index contributed by atoms with van der Waals surface area (Å²) in [6.07, 6.45) is 0. The van der Waals surface area contributed by atoms with Crippen molar-refractivity contribution in [2.45, 2.75) is 17.3 Å². The third kappa shape index (κ3) is 5.72. The van der Waals surface area contributed by atoms with Gasteiger partial charge in [-0.2, -0.15) is 13.2 Å². The molecule has 0 fully saturated rings. The third-order valence-corrected chi connectivity index (χ3v) is 5.18. The molecule has 0 aromatic heterocycles. The summed E-state index contributed by atoms with van der Waals surface area (Å²) in [6.45, 7) is 1.45. The van der Waals surface area contributed by atoms with Crippen molar-refractivity contribution in [2.24, 2.45) is 0 Å². The highest BCUT2D eigenvalue weighted by Crippen LogP contribution is 2.29. The highest BCUT2D eigenvalue weighted by molar-refractivity contribution is 9.10. The first kappa shape index (κ1) is 16.8. The minimum Gasteiger partial charge on any atom is -0.210 e. The molecule has 0 aliphatic rings. The third-order valence-electron chi connectivity index (χ3n) is 2.10. The summed E-state index contributed by atoms with van der Waals surface area (Å²) in [5.74, 6) is -0.363. The number of halogens is 4. The van der Waals surface area contributed by atoms with Gasteiger partial charge in [0.2, 0.25) is 10.0 Å². The Morgan fingerprint density at radius 2 is 2.00 bits per heavy atom. The summed E-state index contributed by atoms with van der Waals surface area (Å²) in [5.41, 5.74) is -3.62. The van der Waals surface area contributed by atoms with Crippen LogP contribution in [0, 0.1) is 6.92 Å². The number of benzene rings is 1. The Bertz CT molecular complexity index is 546. The predicted octanol–water partition coefficient (Wildman–Crippen LogP) is 3.29. The number of alkyl halides is 3. The first-order chi connectivity index (χ1) is 8.62. The van der Waals surface area contributed by atoms with Crippen LogP contribution in [0.1, 0.15) is 5.56 Å². The summed E-state index contributed by atoms with van der Waals surface area (Å²) in [4.78, 5) is 0.0326. The van der Waals surface area contributed by atoms with Crippen LogP contribution >= 0.6 is 27.7 Å². The van der Waals surface area contributed by atoms with E-state index in [0.29, 0.717) is 0 Å². The Kier molecular flexibility index (Phi) is 5.72. The Labute approximate surface area is 122 Å². The van der Waals surface area contributed by atoms with E-state index >= 15 is 0 Å². The van der Waals surface area contributed by atoms with E-state index in [0.717, 1.165) is 10.0 Å². The quantitative estimate of drug-likeness (QED) is 0.800. The van der Waals surface area contributed by atoms with Gasteiger partial charge in [0.05, 0.1) is 4.90 Å². The molecule has 1 aromatic carbocycles. The molecule has 0 heterocycles. The van der Waals surface area contributed by atoms with Crippen LogP contribution in [0.25, 0.3) is 0 Å². The average Bonchev–Trinajstić information content (AvgIpc) is 2.27. The van der Waals surface area contributed by atoms with Crippen LogP contribution in [-0.2, 0) is 10.0 Å². The molecule has 0 radical (unpaired) electrons. The molecule has 0 aliphatic carbocycles. The second-order valence-electron chi connectivity index (χ2n) is 3.60. The molecule has 19 heavy (non-hydrogen) atoms. The standard InChI is InChI=1S/C10H11BrF3NO2S2/c1-7-6-8(2-3-9(7)11)19(16,17)15-4-5-18-10(12,13)14/h2-3,6,15H,4-5H2,1H3. The van der Waals surface area contributed by atoms with Gasteiger partial charge in [-0.05, 0) is 42.4 Å². The predicted molar refractivity (Wildman–Crippen MR) is 72.6 cm³/mol. The second kappa shape index (κ2) is 6.47. The van der Waals surface area contributed by atoms with Gasteiger partial charge in [0, 0.05) is 16.8 Å². The largest absolute Gasteiger partial charge is 0.441 e. The zero-order valence-corrected chi connectivity index (χ0v) is 13.0. The van der Waals surface area contributed by atoms with Gasteiger partial charge in [-0.1, -0.05) is 15.9 Å². The van der Waals surface area contributed by atoms with Gasteiger partial charge in [0.1, 0.15) is 0 Å². The summed E-state index contributed by atoms with van der Waals surface area (Å²) >= 11 is 2.98. The first-order valence-electron chi connectivity index (χ1n) is 5.08. The van der Waals surface area contributed by atoms with E-state index in [4.69, 9.17) is 0 Å². The maximum Gasteiger partial charge on any atom is 0.441 e. The molecule has 108 valence electrons. The molecule has 3 nitrogen and oxygen atoms in total. The van der Waals surface area contributed by atoms with Crippen LogP contribution in [0.2, 0.25) is 0 Å². The van der Waals surface area contributed by atoms with E-state index in [1.165, 1.54) is 12.1 Å². The number of rotatable bonds is 5. The fourth-order valence-corrected chi connectivity index (χ4v) is 3.14. The van der Waals surface area contributed by atoms with Crippen molar-refractivity contribution in [2.75, 3.05) is 12.3 Å². The molecular formula is C10H11BrF3NO2S2. The number of hydrogen-bond donors (Lipinski definition) is 1. The van der Waals surface area contributed by atoms with Gasteiger partial charge in [0.25, 0.3) is 0 Å². The molecule has 0 spiro atoms. The molecule has 1 N–H and O–H groups in total. The average molecular weight is 378 g/mol. The van der Waals surface area contributed by atoms with E-state index in [1.54, 1.807) is 13.0 Å². The molecule has 0 saturated heterocycles. The molecule has 0 amide bonds. The Hall–Kier alpha value is -0.250. The normalized spacial score (nSPS) is 12.7. The maximum absolute atomic E-state index is 11.9. The van der Waals surface area contributed by atoms with Crippen molar-refractivity contribution in [1.82, 2.24) is 4.72 Å². The summed E-state index contributed by atoms with van der Waals surface area (Å²) in [6, 6.07) is 4.41. The van der Waals surface area contributed by atoms with E-state index in [1.807, 2.05) is 0 Å². The lowest BCUT2D eigenvalue weighted by Crippen LogP contribution is -2.26. The van der Waals surface area contributed by atoms with Crippen LogP contribution in [0.3, 0.4) is 0 Å². The molecule has 9 heteroatoms. The zero-order valence-electron chi connectivity index (χ0n) is 9.79.